The minimum absolute atomic E-state index is 0.00736. The standard InChI is InChI=1S/C13H21N3O3S/c1-2-11-12-5-3-7-15(12)8-9-16(11)13(17)6-4-10-20(14,18)19/h3,5,7,11H,2,4,6,8-10H2,1H3,(H2,14,18,19). The van der Waals surface area contributed by atoms with E-state index < -0.39 is 10.0 Å². The largest absolute Gasteiger partial charge is 0.348 e. The second-order valence-electron chi connectivity index (χ2n) is 5.11. The zero-order chi connectivity index (χ0) is 14.8. The van der Waals surface area contributed by atoms with Crippen LogP contribution in [0.1, 0.15) is 37.9 Å². The van der Waals surface area contributed by atoms with Crippen LogP contribution in [0.2, 0.25) is 0 Å². The van der Waals surface area contributed by atoms with Crippen LogP contribution < -0.4 is 5.14 Å². The zero-order valence-corrected chi connectivity index (χ0v) is 12.5. The molecule has 1 aliphatic heterocycles. The quantitative estimate of drug-likeness (QED) is 0.874. The Labute approximate surface area is 119 Å². The van der Waals surface area contributed by atoms with Crippen molar-refractivity contribution in [1.82, 2.24) is 9.47 Å². The fourth-order valence-corrected chi connectivity index (χ4v) is 3.31. The highest BCUT2D eigenvalue weighted by molar-refractivity contribution is 7.89. The van der Waals surface area contributed by atoms with Gasteiger partial charge in [-0.2, -0.15) is 0 Å². The van der Waals surface area contributed by atoms with E-state index in [1.54, 1.807) is 0 Å². The average molecular weight is 299 g/mol. The summed E-state index contributed by atoms with van der Waals surface area (Å²) in [5.74, 6) is -0.132. The first kappa shape index (κ1) is 15.1. The molecule has 112 valence electrons. The van der Waals surface area contributed by atoms with E-state index in [4.69, 9.17) is 5.14 Å². The zero-order valence-electron chi connectivity index (χ0n) is 11.7. The molecule has 0 aromatic carbocycles. The molecule has 1 atom stereocenters. The summed E-state index contributed by atoms with van der Waals surface area (Å²) in [5, 5.41) is 4.95. The van der Waals surface area contributed by atoms with Gasteiger partial charge in [0, 0.05) is 31.4 Å². The third-order valence-electron chi connectivity index (χ3n) is 3.69. The lowest BCUT2D eigenvalue weighted by Crippen LogP contribution is -2.41. The number of rotatable bonds is 5. The maximum Gasteiger partial charge on any atom is 0.223 e. The summed E-state index contributed by atoms with van der Waals surface area (Å²) in [4.78, 5) is 14.1. The van der Waals surface area contributed by atoms with Crippen LogP contribution >= 0.6 is 0 Å². The topological polar surface area (TPSA) is 85.4 Å². The van der Waals surface area contributed by atoms with E-state index >= 15 is 0 Å². The van der Waals surface area contributed by atoms with E-state index in [0.717, 1.165) is 18.7 Å². The fraction of sp³-hybridized carbons (Fsp3) is 0.615. The highest BCUT2D eigenvalue weighted by atomic mass is 32.2. The number of nitrogens with zero attached hydrogens (tertiary/aromatic N) is 2. The molecule has 1 aliphatic rings. The molecule has 1 aromatic heterocycles. The predicted octanol–water partition coefficient (Wildman–Crippen LogP) is 0.850. The molecule has 0 aliphatic carbocycles. The number of hydrogen-bond acceptors (Lipinski definition) is 3. The Balaban J connectivity index is 2.00. The third kappa shape index (κ3) is 3.40. The van der Waals surface area contributed by atoms with Crippen molar-refractivity contribution < 1.29 is 13.2 Å². The number of aromatic nitrogens is 1. The molecule has 0 saturated heterocycles. The van der Waals surface area contributed by atoms with Crippen molar-refractivity contribution in [2.45, 2.75) is 38.8 Å². The van der Waals surface area contributed by atoms with Crippen LogP contribution in [0.3, 0.4) is 0 Å². The maximum absolute atomic E-state index is 12.3. The molecule has 0 saturated carbocycles. The van der Waals surface area contributed by atoms with Gasteiger partial charge in [-0.05, 0) is 25.0 Å². The molecular formula is C13H21N3O3S. The lowest BCUT2D eigenvalue weighted by atomic mass is 10.1. The minimum Gasteiger partial charge on any atom is -0.348 e. The summed E-state index contributed by atoms with van der Waals surface area (Å²) in [6.07, 6.45) is 3.39. The Morgan fingerprint density at radius 1 is 1.45 bits per heavy atom. The average Bonchev–Trinajstić information content (AvgIpc) is 2.83. The van der Waals surface area contributed by atoms with Crippen molar-refractivity contribution in [3.63, 3.8) is 0 Å². The number of nitrogens with two attached hydrogens (primary N) is 1. The molecule has 20 heavy (non-hydrogen) atoms. The van der Waals surface area contributed by atoms with Crippen molar-refractivity contribution in [3.05, 3.63) is 24.0 Å². The molecule has 7 heteroatoms. The van der Waals surface area contributed by atoms with Crippen LogP contribution in [-0.2, 0) is 21.4 Å². The van der Waals surface area contributed by atoms with Gasteiger partial charge in [0.15, 0.2) is 0 Å². The number of sulfonamides is 1. The molecule has 6 nitrogen and oxygen atoms in total. The van der Waals surface area contributed by atoms with Gasteiger partial charge in [-0.15, -0.1) is 0 Å². The maximum atomic E-state index is 12.3. The number of fused-ring (bicyclic) bond motifs is 1. The normalized spacial score (nSPS) is 18.9. The summed E-state index contributed by atoms with van der Waals surface area (Å²) in [7, 11) is -3.48. The molecule has 0 fully saturated rings. The van der Waals surface area contributed by atoms with Gasteiger partial charge in [0.1, 0.15) is 0 Å². The highest BCUT2D eigenvalue weighted by Crippen LogP contribution is 2.29. The van der Waals surface area contributed by atoms with Crippen molar-refractivity contribution >= 4 is 15.9 Å². The van der Waals surface area contributed by atoms with Gasteiger partial charge in [-0.3, -0.25) is 4.79 Å². The van der Waals surface area contributed by atoms with Crippen molar-refractivity contribution in [2.24, 2.45) is 5.14 Å². The van der Waals surface area contributed by atoms with Crippen LogP contribution in [0.5, 0.6) is 0 Å². The van der Waals surface area contributed by atoms with Gasteiger partial charge < -0.3 is 9.47 Å². The lowest BCUT2D eigenvalue weighted by molar-refractivity contribution is -0.134. The third-order valence-corrected chi connectivity index (χ3v) is 4.55. The Kier molecular flexibility index (Phi) is 4.49. The highest BCUT2D eigenvalue weighted by Gasteiger charge is 2.29. The minimum atomic E-state index is -3.48. The molecule has 0 bridgehead atoms. The van der Waals surface area contributed by atoms with Crippen LogP contribution in [0.25, 0.3) is 0 Å². The molecule has 0 spiro atoms. The van der Waals surface area contributed by atoms with Gasteiger partial charge in [-0.1, -0.05) is 6.92 Å². The fourth-order valence-electron chi connectivity index (χ4n) is 2.76. The van der Waals surface area contributed by atoms with E-state index in [2.05, 4.69) is 11.5 Å². The van der Waals surface area contributed by atoms with E-state index in [1.165, 1.54) is 0 Å². The molecule has 2 rings (SSSR count). The second kappa shape index (κ2) is 5.97. The first-order valence-corrected chi connectivity index (χ1v) is 8.59. The molecule has 0 radical (unpaired) electrons. The van der Waals surface area contributed by atoms with Gasteiger partial charge in [-0.25, -0.2) is 13.6 Å². The van der Waals surface area contributed by atoms with E-state index in [1.807, 2.05) is 23.2 Å². The summed E-state index contributed by atoms with van der Waals surface area (Å²) in [6.45, 7) is 3.52. The van der Waals surface area contributed by atoms with E-state index in [0.29, 0.717) is 6.54 Å². The molecule has 1 amide bonds. The summed E-state index contributed by atoms with van der Waals surface area (Å²) >= 11 is 0. The summed E-state index contributed by atoms with van der Waals surface area (Å²) in [6, 6.07) is 4.12. The number of hydrogen-bond donors (Lipinski definition) is 1. The Hall–Kier alpha value is -1.34. The lowest BCUT2D eigenvalue weighted by Gasteiger charge is -2.36. The van der Waals surface area contributed by atoms with Gasteiger partial charge in [0.25, 0.3) is 0 Å². The number of carbonyl (C=O) groups is 1. The number of primary sulfonamides is 1. The van der Waals surface area contributed by atoms with Crippen LogP contribution in [0.4, 0.5) is 0 Å². The molecular weight excluding hydrogens is 278 g/mol. The molecule has 1 aromatic rings. The van der Waals surface area contributed by atoms with Crippen LogP contribution in [0, 0.1) is 0 Å². The Morgan fingerprint density at radius 3 is 2.85 bits per heavy atom. The SMILES string of the molecule is CCC1c2cccn2CCN1C(=O)CCCS(N)(=O)=O. The van der Waals surface area contributed by atoms with Crippen molar-refractivity contribution in [3.8, 4) is 0 Å². The predicted molar refractivity (Wildman–Crippen MR) is 76.4 cm³/mol. The van der Waals surface area contributed by atoms with E-state index in [-0.39, 0.29) is 30.5 Å². The van der Waals surface area contributed by atoms with E-state index in [9.17, 15) is 13.2 Å². The summed E-state index contributed by atoms with van der Waals surface area (Å²) < 4.78 is 23.9. The van der Waals surface area contributed by atoms with Crippen LogP contribution in [0.15, 0.2) is 18.3 Å². The van der Waals surface area contributed by atoms with Crippen molar-refractivity contribution in [1.29, 1.82) is 0 Å². The van der Waals surface area contributed by atoms with Gasteiger partial charge in [0.2, 0.25) is 15.9 Å². The first-order valence-electron chi connectivity index (χ1n) is 6.87. The monoisotopic (exact) mass is 299 g/mol. The summed E-state index contributed by atoms with van der Waals surface area (Å²) in [5.41, 5.74) is 1.15. The number of carbonyl (C=O) groups excluding carboxylic acids is 1. The van der Waals surface area contributed by atoms with Gasteiger partial charge >= 0.3 is 0 Å². The smallest absolute Gasteiger partial charge is 0.223 e. The second-order valence-corrected chi connectivity index (χ2v) is 6.84. The molecule has 1 unspecified atom stereocenters. The van der Waals surface area contributed by atoms with Crippen LogP contribution in [-0.4, -0.2) is 36.1 Å². The van der Waals surface area contributed by atoms with Crippen molar-refractivity contribution in [2.75, 3.05) is 12.3 Å². The Morgan fingerprint density at radius 2 is 2.20 bits per heavy atom. The number of amides is 1. The molecule has 2 heterocycles. The first-order chi connectivity index (χ1) is 9.42. The Bertz CT molecular complexity index is 579. The molecule has 2 N–H and O–H groups in total. The van der Waals surface area contributed by atoms with Gasteiger partial charge in [0.05, 0.1) is 11.8 Å².